The molecule has 0 aliphatic heterocycles. The molecule has 1 aromatic heterocycles. The fourth-order valence-corrected chi connectivity index (χ4v) is 2.55. The summed E-state index contributed by atoms with van der Waals surface area (Å²) in [5.74, 6) is 0.739. The minimum absolute atomic E-state index is 0.221. The van der Waals surface area contributed by atoms with Crippen molar-refractivity contribution in [3.05, 3.63) is 22.4 Å². The highest BCUT2D eigenvalue weighted by Gasteiger charge is 2.37. The number of hydrogen-bond donors (Lipinski definition) is 0. The third-order valence-corrected chi connectivity index (χ3v) is 4.17. The molecular weight excluding hydrogens is 218 g/mol. The highest BCUT2D eigenvalue weighted by atomic mass is 32.1. The third kappa shape index (κ3) is 2.29. The summed E-state index contributed by atoms with van der Waals surface area (Å²) in [5.41, 5.74) is 0. The molecule has 0 N–H and O–H groups in total. The molecule has 1 fully saturated rings. The van der Waals surface area contributed by atoms with E-state index in [1.54, 1.807) is 11.3 Å². The molecule has 1 aliphatic rings. The van der Waals surface area contributed by atoms with Crippen LogP contribution in [0.4, 0.5) is 0 Å². The summed E-state index contributed by atoms with van der Waals surface area (Å²) in [6.07, 6.45) is 2.35. The molecule has 1 unspecified atom stereocenters. The standard InChI is InChI=1S/C13H19NOS/c1-9(2)10(3)14(11-6-7-11)13(15)12-5-4-8-16-12/h4-5,8-11H,6-7H2,1-3H3. The van der Waals surface area contributed by atoms with Crippen molar-refractivity contribution in [3.8, 4) is 0 Å². The van der Waals surface area contributed by atoms with Gasteiger partial charge < -0.3 is 4.90 Å². The van der Waals surface area contributed by atoms with E-state index in [1.807, 2.05) is 17.5 Å². The lowest BCUT2D eigenvalue weighted by molar-refractivity contribution is 0.0633. The van der Waals surface area contributed by atoms with Crippen LogP contribution in [-0.2, 0) is 0 Å². The van der Waals surface area contributed by atoms with Crippen molar-refractivity contribution in [2.75, 3.05) is 0 Å². The molecule has 3 heteroatoms. The molecule has 1 amide bonds. The Bertz CT molecular complexity index is 354. The average Bonchev–Trinajstić information content (AvgIpc) is 2.93. The SMILES string of the molecule is CC(C)C(C)N(C(=O)c1cccs1)C1CC1. The largest absolute Gasteiger partial charge is 0.332 e. The van der Waals surface area contributed by atoms with Crippen LogP contribution in [0.3, 0.4) is 0 Å². The van der Waals surface area contributed by atoms with Gasteiger partial charge in [0.05, 0.1) is 4.88 Å². The Morgan fingerprint density at radius 3 is 2.56 bits per heavy atom. The number of carbonyl (C=O) groups is 1. The highest BCUT2D eigenvalue weighted by molar-refractivity contribution is 7.12. The first-order valence-corrected chi connectivity index (χ1v) is 6.85. The van der Waals surface area contributed by atoms with E-state index in [0.717, 1.165) is 4.88 Å². The van der Waals surface area contributed by atoms with Crippen LogP contribution in [0.1, 0.15) is 43.3 Å². The van der Waals surface area contributed by atoms with E-state index in [9.17, 15) is 4.79 Å². The zero-order valence-electron chi connectivity index (χ0n) is 10.1. The van der Waals surface area contributed by atoms with Gasteiger partial charge in [-0.25, -0.2) is 0 Å². The van der Waals surface area contributed by atoms with Crippen LogP contribution in [0, 0.1) is 5.92 Å². The highest BCUT2D eigenvalue weighted by Crippen LogP contribution is 2.32. The molecule has 0 radical (unpaired) electrons. The average molecular weight is 237 g/mol. The van der Waals surface area contributed by atoms with E-state index in [2.05, 4.69) is 25.7 Å². The lowest BCUT2D eigenvalue weighted by atomic mass is 10.0. The van der Waals surface area contributed by atoms with Gasteiger partial charge in [0.2, 0.25) is 0 Å². The Kier molecular flexibility index (Phi) is 3.33. The Morgan fingerprint density at radius 1 is 1.44 bits per heavy atom. The molecule has 0 saturated heterocycles. The Labute approximate surface area is 101 Å². The second-order valence-electron chi connectivity index (χ2n) is 4.91. The number of nitrogens with zero attached hydrogens (tertiary/aromatic N) is 1. The molecule has 1 aromatic rings. The topological polar surface area (TPSA) is 20.3 Å². The molecule has 1 saturated carbocycles. The van der Waals surface area contributed by atoms with Crippen LogP contribution in [0.2, 0.25) is 0 Å². The van der Waals surface area contributed by atoms with Crippen LogP contribution in [0.5, 0.6) is 0 Å². The van der Waals surface area contributed by atoms with Crippen LogP contribution >= 0.6 is 11.3 Å². The molecule has 88 valence electrons. The normalized spacial score (nSPS) is 17.5. The first kappa shape index (κ1) is 11.6. The Morgan fingerprint density at radius 2 is 2.12 bits per heavy atom. The van der Waals surface area contributed by atoms with Crippen LogP contribution in [0.15, 0.2) is 17.5 Å². The van der Waals surface area contributed by atoms with Crippen molar-refractivity contribution < 1.29 is 4.79 Å². The van der Waals surface area contributed by atoms with Crippen LogP contribution in [0.25, 0.3) is 0 Å². The summed E-state index contributed by atoms with van der Waals surface area (Å²) >= 11 is 1.54. The predicted molar refractivity (Wildman–Crippen MR) is 67.8 cm³/mol. The van der Waals surface area contributed by atoms with Crippen molar-refractivity contribution >= 4 is 17.2 Å². The number of thiophene rings is 1. The molecule has 2 nitrogen and oxygen atoms in total. The smallest absolute Gasteiger partial charge is 0.264 e. The van der Waals surface area contributed by atoms with Gasteiger partial charge in [0.15, 0.2) is 0 Å². The molecule has 0 aromatic carbocycles. The fourth-order valence-electron chi connectivity index (χ4n) is 1.88. The Balaban J connectivity index is 2.16. The second-order valence-corrected chi connectivity index (χ2v) is 5.85. The van der Waals surface area contributed by atoms with E-state index in [1.165, 1.54) is 12.8 Å². The van der Waals surface area contributed by atoms with Crippen molar-refractivity contribution in [2.24, 2.45) is 5.92 Å². The summed E-state index contributed by atoms with van der Waals surface area (Å²) in [4.78, 5) is 15.3. The van der Waals surface area contributed by atoms with Gasteiger partial charge in [0.1, 0.15) is 0 Å². The predicted octanol–water partition coefficient (Wildman–Crippen LogP) is 3.40. The van der Waals surface area contributed by atoms with Crippen LogP contribution < -0.4 is 0 Å². The third-order valence-electron chi connectivity index (χ3n) is 3.31. The zero-order chi connectivity index (χ0) is 11.7. The van der Waals surface area contributed by atoms with Gasteiger partial charge in [-0.15, -0.1) is 11.3 Å². The molecule has 1 aliphatic carbocycles. The summed E-state index contributed by atoms with van der Waals surface area (Å²) < 4.78 is 0. The molecule has 1 atom stereocenters. The summed E-state index contributed by atoms with van der Waals surface area (Å²) in [5, 5.41) is 1.97. The van der Waals surface area contributed by atoms with E-state index in [-0.39, 0.29) is 5.91 Å². The van der Waals surface area contributed by atoms with Gasteiger partial charge in [-0.1, -0.05) is 19.9 Å². The summed E-state index contributed by atoms with van der Waals surface area (Å²) in [6, 6.07) is 4.70. The lowest BCUT2D eigenvalue weighted by Gasteiger charge is -2.31. The molecule has 2 rings (SSSR count). The lowest BCUT2D eigenvalue weighted by Crippen LogP contribution is -2.42. The monoisotopic (exact) mass is 237 g/mol. The maximum absolute atomic E-state index is 12.4. The molecule has 0 spiro atoms. The zero-order valence-corrected chi connectivity index (χ0v) is 11.0. The van der Waals surface area contributed by atoms with Gasteiger partial charge in [0.25, 0.3) is 5.91 Å². The van der Waals surface area contributed by atoms with Crippen molar-refractivity contribution in [1.29, 1.82) is 0 Å². The van der Waals surface area contributed by atoms with Crippen molar-refractivity contribution in [3.63, 3.8) is 0 Å². The van der Waals surface area contributed by atoms with Gasteiger partial charge in [-0.2, -0.15) is 0 Å². The van der Waals surface area contributed by atoms with Gasteiger partial charge in [-0.3, -0.25) is 4.79 Å². The number of rotatable bonds is 4. The quantitative estimate of drug-likeness (QED) is 0.786. The maximum atomic E-state index is 12.4. The molecular formula is C13H19NOS. The summed E-state index contributed by atoms with van der Waals surface area (Å²) in [6.45, 7) is 6.53. The fraction of sp³-hybridized carbons (Fsp3) is 0.615. The molecule has 16 heavy (non-hydrogen) atoms. The minimum Gasteiger partial charge on any atom is -0.332 e. The van der Waals surface area contributed by atoms with E-state index >= 15 is 0 Å². The van der Waals surface area contributed by atoms with E-state index in [0.29, 0.717) is 18.0 Å². The van der Waals surface area contributed by atoms with Gasteiger partial charge in [0, 0.05) is 12.1 Å². The number of hydrogen-bond acceptors (Lipinski definition) is 2. The van der Waals surface area contributed by atoms with E-state index < -0.39 is 0 Å². The van der Waals surface area contributed by atoms with E-state index in [4.69, 9.17) is 0 Å². The van der Waals surface area contributed by atoms with Gasteiger partial charge >= 0.3 is 0 Å². The first-order valence-electron chi connectivity index (χ1n) is 5.97. The van der Waals surface area contributed by atoms with Crippen molar-refractivity contribution in [1.82, 2.24) is 4.90 Å². The van der Waals surface area contributed by atoms with Gasteiger partial charge in [-0.05, 0) is 37.1 Å². The molecule has 1 heterocycles. The number of amides is 1. The minimum atomic E-state index is 0.221. The van der Waals surface area contributed by atoms with Crippen molar-refractivity contribution in [2.45, 2.75) is 45.7 Å². The maximum Gasteiger partial charge on any atom is 0.264 e. The number of carbonyl (C=O) groups excluding carboxylic acids is 1. The second kappa shape index (κ2) is 4.58. The Hall–Kier alpha value is -0.830. The first-order chi connectivity index (χ1) is 7.61. The van der Waals surface area contributed by atoms with Crippen LogP contribution in [-0.4, -0.2) is 22.9 Å². The summed E-state index contributed by atoms with van der Waals surface area (Å²) in [7, 11) is 0. The molecule has 0 bridgehead atoms.